The number of nitrogen functional groups attached to an aromatic ring is 1. The van der Waals surface area contributed by atoms with Crippen LogP contribution < -0.4 is 11.1 Å². The number of nitrogens with one attached hydrogen (secondary N) is 1. The van der Waals surface area contributed by atoms with Gasteiger partial charge in [0, 0.05) is 12.2 Å². The van der Waals surface area contributed by atoms with Crippen molar-refractivity contribution in [1.82, 2.24) is 19.9 Å². The zero-order chi connectivity index (χ0) is 17.7. The maximum absolute atomic E-state index is 13.0. The molecule has 0 aliphatic carbocycles. The summed E-state index contributed by atoms with van der Waals surface area (Å²) in [5.74, 6) is 0.576. The van der Waals surface area contributed by atoms with Gasteiger partial charge in [-0.1, -0.05) is 6.92 Å². The summed E-state index contributed by atoms with van der Waals surface area (Å²) in [6.07, 6.45) is 0. The number of hydrogen-bond acceptors (Lipinski definition) is 7. The Morgan fingerprint density at radius 3 is 2.46 bits per heavy atom. The third-order valence-corrected chi connectivity index (χ3v) is 3.22. The number of rotatable bonds is 7. The summed E-state index contributed by atoms with van der Waals surface area (Å²) in [5, 5.41) is 12.9. The molecule has 1 aromatic carbocycles. The number of benzene rings is 1. The standard InChI is InChI=1S/C16H23FN6O/c1-4-23(10-16(2,3)24)9-13-20-14(18)22-15(21-13)19-12-7-5-11(17)6-8-12/h5-8,24H,4,9-10H2,1-3H3,(H3,18,19,20,21,22). The molecule has 0 saturated carbocycles. The van der Waals surface area contributed by atoms with Gasteiger partial charge in [-0.25, -0.2) is 4.39 Å². The van der Waals surface area contributed by atoms with Gasteiger partial charge in [0.05, 0.1) is 12.1 Å². The van der Waals surface area contributed by atoms with Crippen molar-refractivity contribution in [3.63, 3.8) is 0 Å². The molecule has 4 N–H and O–H groups in total. The fourth-order valence-corrected chi connectivity index (χ4v) is 2.25. The molecule has 0 radical (unpaired) electrons. The number of halogens is 1. The van der Waals surface area contributed by atoms with Crippen LogP contribution in [0.2, 0.25) is 0 Å². The molecule has 0 spiro atoms. The van der Waals surface area contributed by atoms with Crippen LogP contribution >= 0.6 is 0 Å². The lowest BCUT2D eigenvalue weighted by atomic mass is 10.1. The lowest BCUT2D eigenvalue weighted by Gasteiger charge is -2.27. The zero-order valence-corrected chi connectivity index (χ0v) is 14.1. The van der Waals surface area contributed by atoms with Crippen LogP contribution in [-0.4, -0.2) is 43.6 Å². The van der Waals surface area contributed by atoms with Crippen molar-refractivity contribution in [2.75, 3.05) is 24.1 Å². The summed E-state index contributed by atoms with van der Waals surface area (Å²) < 4.78 is 13.0. The molecule has 130 valence electrons. The van der Waals surface area contributed by atoms with Crippen molar-refractivity contribution in [3.8, 4) is 0 Å². The molecule has 8 heteroatoms. The number of likely N-dealkylation sites (N-methyl/N-ethyl adjacent to an activating group) is 1. The Hall–Kier alpha value is -2.32. The average molecular weight is 334 g/mol. The minimum atomic E-state index is -0.816. The Kier molecular flexibility index (Phi) is 5.63. The van der Waals surface area contributed by atoms with Crippen LogP contribution in [0.25, 0.3) is 0 Å². The van der Waals surface area contributed by atoms with E-state index < -0.39 is 5.60 Å². The predicted octanol–water partition coefficient (Wildman–Crippen LogP) is 1.93. The molecule has 2 rings (SSSR count). The number of anilines is 3. The smallest absolute Gasteiger partial charge is 0.232 e. The predicted molar refractivity (Wildman–Crippen MR) is 91.2 cm³/mol. The molecule has 0 fully saturated rings. The highest BCUT2D eigenvalue weighted by molar-refractivity contribution is 5.53. The first-order chi connectivity index (χ1) is 11.2. The Labute approximate surface area is 140 Å². The third-order valence-electron chi connectivity index (χ3n) is 3.22. The highest BCUT2D eigenvalue weighted by Gasteiger charge is 2.18. The Balaban J connectivity index is 2.14. The van der Waals surface area contributed by atoms with E-state index in [4.69, 9.17) is 5.73 Å². The fraction of sp³-hybridized carbons (Fsp3) is 0.438. The lowest BCUT2D eigenvalue weighted by Crippen LogP contribution is -2.38. The summed E-state index contributed by atoms with van der Waals surface area (Å²) in [4.78, 5) is 14.5. The molecule has 2 aromatic rings. The maximum atomic E-state index is 13.0. The number of aromatic nitrogens is 3. The molecule has 0 aliphatic rings. The number of aliphatic hydroxyl groups is 1. The van der Waals surface area contributed by atoms with Gasteiger partial charge < -0.3 is 16.2 Å². The quantitative estimate of drug-likeness (QED) is 0.711. The summed E-state index contributed by atoms with van der Waals surface area (Å²) in [6.45, 7) is 7.14. The van der Waals surface area contributed by atoms with E-state index >= 15 is 0 Å². The Bertz CT molecular complexity index is 671. The SMILES string of the molecule is CCN(Cc1nc(N)nc(Nc2ccc(F)cc2)n1)CC(C)(C)O. The van der Waals surface area contributed by atoms with E-state index in [1.165, 1.54) is 12.1 Å². The average Bonchev–Trinajstić information content (AvgIpc) is 2.47. The van der Waals surface area contributed by atoms with Crippen molar-refractivity contribution < 1.29 is 9.50 Å². The van der Waals surface area contributed by atoms with Gasteiger partial charge in [0.25, 0.3) is 0 Å². The van der Waals surface area contributed by atoms with Crippen molar-refractivity contribution in [3.05, 3.63) is 35.9 Å². The van der Waals surface area contributed by atoms with E-state index in [0.717, 1.165) is 6.54 Å². The van der Waals surface area contributed by atoms with E-state index in [9.17, 15) is 9.50 Å². The van der Waals surface area contributed by atoms with E-state index in [-0.39, 0.29) is 11.8 Å². The number of nitrogens with zero attached hydrogens (tertiary/aromatic N) is 4. The second kappa shape index (κ2) is 7.50. The molecular weight excluding hydrogens is 311 g/mol. The van der Waals surface area contributed by atoms with Gasteiger partial charge in [0.2, 0.25) is 11.9 Å². The van der Waals surface area contributed by atoms with E-state index in [2.05, 4.69) is 20.3 Å². The first-order valence-electron chi connectivity index (χ1n) is 7.73. The first kappa shape index (κ1) is 18.0. The number of nitrogens with two attached hydrogens (primary N) is 1. The van der Waals surface area contributed by atoms with Crippen molar-refractivity contribution in [2.24, 2.45) is 0 Å². The normalized spacial score (nSPS) is 11.8. The summed E-state index contributed by atoms with van der Waals surface area (Å²) in [7, 11) is 0. The Morgan fingerprint density at radius 1 is 1.21 bits per heavy atom. The van der Waals surface area contributed by atoms with Gasteiger partial charge in [-0.05, 0) is 44.7 Å². The lowest BCUT2D eigenvalue weighted by molar-refractivity contribution is 0.0346. The highest BCUT2D eigenvalue weighted by Crippen LogP contribution is 2.15. The van der Waals surface area contributed by atoms with Gasteiger partial charge >= 0.3 is 0 Å². The van der Waals surface area contributed by atoms with Gasteiger partial charge in [0.15, 0.2) is 0 Å². The van der Waals surface area contributed by atoms with Crippen molar-refractivity contribution in [2.45, 2.75) is 32.9 Å². The van der Waals surface area contributed by atoms with Crippen LogP contribution in [0.3, 0.4) is 0 Å². The van der Waals surface area contributed by atoms with Gasteiger partial charge in [0.1, 0.15) is 11.6 Å². The fourth-order valence-electron chi connectivity index (χ4n) is 2.25. The first-order valence-corrected chi connectivity index (χ1v) is 7.73. The van der Waals surface area contributed by atoms with E-state index in [0.29, 0.717) is 30.5 Å². The third kappa shape index (κ3) is 5.71. The van der Waals surface area contributed by atoms with Crippen LogP contribution in [0, 0.1) is 5.82 Å². The zero-order valence-electron chi connectivity index (χ0n) is 14.1. The number of hydrogen-bond donors (Lipinski definition) is 3. The van der Waals surface area contributed by atoms with Crippen molar-refractivity contribution >= 4 is 17.6 Å². The molecule has 0 bridgehead atoms. The second-order valence-corrected chi connectivity index (χ2v) is 6.18. The summed E-state index contributed by atoms with van der Waals surface area (Å²) in [6, 6.07) is 5.86. The molecule has 0 aliphatic heterocycles. The molecule has 0 saturated heterocycles. The minimum Gasteiger partial charge on any atom is -0.389 e. The van der Waals surface area contributed by atoms with Gasteiger partial charge in [-0.3, -0.25) is 4.90 Å². The monoisotopic (exact) mass is 334 g/mol. The van der Waals surface area contributed by atoms with E-state index in [1.807, 2.05) is 11.8 Å². The molecule has 1 aromatic heterocycles. The van der Waals surface area contributed by atoms with Crippen molar-refractivity contribution in [1.29, 1.82) is 0 Å². The summed E-state index contributed by atoms with van der Waals surface area (Å²) >= 11 is 0. The van der Waals surface area contributed by atoms with Gasteiger partial charge in [-0.15, -0.1) is 0 Å². The summed E-state index contributed by atoms with van der Waals surface area (Å²) in [5.41, 5.74) is 5.59. The van der Waals surface area contributed by atoms with Gasteiger partial charge in [-0.2, -0.15) is 15.0 Å². The molecule has 0 atom stereocenters. The van der Waals surface area contributed by atoms with E-state index in [1.54, 1.807) is 26.0 Å². The second-order valence-electron chi connectivity index (χ2n) is 6.18. The Morgan fingerprint density at radius 2 is 1.88 bits per heavy atom. The van der Waals surface area contributed by atoms with Crippen LogP contribution in [-0.2, 0) is 6.54 Å². The molecule has 0 amide bonds. The topological polar surface area (TPSA) is 100 Å². The molecule has 24 heavy (non-hydrogen) atoms. The minimum absolute atomic E-state index is 0.101. The molecule has 0 unspecified atom stereocenters. The maximum Gasteiger partial charge on any atom is 0.232 e. The molecule has 7 nitrogen and oxygen atoms in total. The van der Waals surface area contributed by atoms with Crippen LogP contribution in [0.5, 0.6) is 0 Å². The molecule has 1 heterocycles. The van der Waals surface area contributed by atoms with Crippen LogP contribution in [0.4, 0.5) is 22.0 Å². The largest absolute Gasteiger partial charge is 0.389 e. The van der Waals surface area contributed by atoms with Crippen LogP contribution in [0.15, 0.2) is 24.3 Å². The van der Waals surface area contributed by atoms with Crippen LogP contribution in [0.1, 0.15) is 26.6 Å². The molecular formula is C16H23FN6O. The highest BCUT2D eigenvalue weighted by atomic mass is 19.1.